The number of nitrogens with zero attached hydrogens (tertiary/aromatic N) is 2. The third-order valence-corrected chi connectivity index (χ3v) is 5.05. The summed E-state index contributed by atoms with van der Waals surface area (Å²) in [6.45, 7) is 4.00. The number of hydrogen-bond donors (Lipinski definition) is 2. The molecule has 1 amide bonds. The zero-order valence-electron chi connectivity index (χ0n) is 15.2. The van der Waals surface area contributed by atoms with Gasteiger partial charge in [0.25, 0.3) is 5.91 Å². The van der Waals surface area contributed by atoms with E-state index in [1.807, 2.05) is 55.6 Å². The van der Waals surface area contributed by atoms with Crippen molar-refractivity contribution in [2.75, 3.05) is 12.4 Å². The molecule has 2 N–H and O–H groups in total. The van der Waals surface area contributed by atoms with E-state index in [-0.39, 0.29) is 5.91 Å². The Balaban J connectivity index is 1.62. The lowest BCUT2D eigenvalue weighted by Crippen LogP contribution is -2.12. The zero-order valence-corrected chi connectivity index (χ0v) is 16.0. The highest BCUT2D eigenvalue weighted by Gasteiger charge is 2.17. The molecule has 2 aromatic heterocycles. The number of anilines is 1. The molecule has 2 heterocycles. The Labute approximate surface area is 160 Å². The molecule has 0 fully saturated rings. The summed E-state index contributed by atoms with van der Waals surface area (Å²) in [5.74, 6) is 0.460. The highest BCUT2D eigenvalue weighted by molar-refractivity contribution is 7.14. The predicted molar refractivity (Wildman–Crippen MR) is 108 cm³/mol. The number of aryl methyl sites for hydroxylation is 2. The van der Waals surface area contributed by atoms with Gasteiger partial charge in [0.05, 0.1) is 18.3 Å². The van der Waals surface area contributed by atoms with Crippen LogP contribution in [0.3, 0.4) is 0 Å². The van der Waals surface area contributed by atoms with Gasteiger partial charge >= 0.3 is 0 Å². The van der Waals surface area contributed by atoms with Crippen molar-refractivity contribution in [1.29, 1.82) is 0 Å². The van der Waals surface area contributed by atoms with E-state index in [4.69, 9.17) is 4.74 Å². The Hall–Kier alpha value is -3.19. The third-order valence-electron chi connectivity index (χ3n) is 4.29. The number of nitrogens with one attached hydrogen (secondary N) is 2. The topological polar surface area (TPSA) is 79.9 Å². The molecule has 4 rings (SSSR count). The molecule has 0 aliphatic rings. The zero-order chi connectivity index (χ0) is 19.0. The molecule has 6 nitrogen and oxygen atoms in total. The van der Waals surface area contributed by atoms with Crippen molar-refractivity contribution in [3.63, 3.8) is 0 Å². The maximum absolute atomic E-state index is 12.7. The van der Waals surface area contributed by atoms with Crippen LogP contribution in [0.15, 0.2) is 41.8 Å². The van der Waals surface area contributed by atoms with E-state index in [1.54, 1.807) is 7.11 Å². The van der Waals surface area contributed by atoms with Gasteiger partial charge in [0.1, 0.15) is 5.75 Å². The minimum atomic E-state index is -0.288. The second kappa shape index (κ2) is 6.85. The summed E-state index contributed by atoms with van der Waals surface area (Å²) >= 11 is 1.37. The van der Waals surface area contributed by atoms with Crippen LogP contribution in [-0.4, -0.2) is 28.2 Å². The molecule has 0 saturated heterocycles. The second-order valence-corrected chi connectivity index (χ2v) is 7.18. The van der Waals surface area contributed by atoms with E-state index >= 15 is 0 Å². The van der Waals surface area contributed by atoms with Gasteiger partial charge < -0.3 is 4.74 Å². The van der Waals surface area contributed by atoms with Gasteiger partial charge in [-0.3, -0.25) is 15.2 Å². The van der Waals surface area contributed by atoms with Crippen LogP contribution in [0.5, 0.6) is 5.75 Å². The highest BCUT2D eigenvalue weighted by Crippen LogP contribution is 2.33. The summed E-state index contributed by atoms with van der Waals surface area (Å²) < 4.78 is 5.43. The van der Waals surface area contributed by atoms with Crippen molar-refractivity contribution in [1.82, 2.24) is 15.2 Å². The minimum Gasteiger partial charge on any atom is -0.496 e. The molecule has 4 aromatic rings. The number of benzene rings is 2. The first-order chi connectivity index (χ1) is 13.0. The number of methoxy groups -OCH3 is 1. The summed E-state index contributed by atoms with van der Waals surface area (Å²) in [6, 6.07) is 11.8. The monoisotopic (exact) mass is 378 g/mol. The van der Waals surface area contributed by atoms with E-state index in [2.05, 4.69) is 20.5 Å². The van der Waals surface area contributed by atoms with Crippen LogP contribution >= 0.6 is 11.3 Å². The van der Waals surface area contributed by atoms with Gasteiger partial charge in [-0.25, -0.2) is 4.98 Å². The maximum Gasteiger partial charge on any atom is 0.278 e. The third kappa shape index (κ3) is 3.29. The van der Waals surface area contributed by atoms with Crippen molar-refractivity contribution in [3.05, 3.63) is 58.6 Å². The fourth-order valence-corrected chi connectivity index (χ4v) is 3.64. The average Bonchev–Trinajstić information content (AvgIpc) is 3.28. The van der Waals surface area contributed by atoms with Gasteiger partial charge in [0.2, 0.25) is 0 Å². The van der Waals surface area contributed by atoms with Crippen molar-refractivity contribution < 1.29 is 9.53 Å². The first kappa shape index (κ1) is 17.2. The molecule has 0 saturated carbocycles. The molecule has 0 atom stereocenters. The van der Waals surface area contributed by atoms with E-state index < -0.39 is 0 Å². The van der Waals surface area contributed by atoms with Crippen LogP contribution in [0.1, 0.15) is 21.6 Å². The second-order valence-electron chi connectivity index (χ2n) is 6.32. The number of aromatic amines is 1. The van der Waals surface area contributed by atoms with Gasteiger partial charge in [0, 0.05) is 16.3 Å². The SMILES string of the molecule is COc1ccc(C)cc1-c1csc(NC(=O)c2n[nH]c3ccc(C)cc23)n1. The van der Waals surface area contributed by atoms with Crippen LogP contribution < -0.4 is 10.1 Å². The smallest absolute Gasteiger partial charge is 0.278 e. The van der Waals surface area contributed by atoms with Gasteiger partial charge in [0.15, 0.2) is 10.8 Å². The molecule has 0 spiro atoms. The summed E-state index contributed by atoms with van der Waals surface area (Å²) in [7, 11) is 1.63. The normalized spacial score (nSPS) is 10.9. The standard InChI is InChI=1S/C20H18N4O2S/c1-11-4-6-15-14(9-11)18(24-23-15)19(25)22-20-21-16(10-27-20)13-8-12(2)5-7-17(13)26-3/h4-10H,1-3H3,(H,23,24)(H,21,22,25). The minimum absolute atomic E-state index is 0.288. The number of aromatic nitrogens is 3. The largest absolute Gasteiger partial charge is 0.496 e. The molecular formula is C20H18N4O2S. The van der Waals surface area contributed by atoms with Gasteiger partial charge in [-0.2, -0.15) is 5.10 Å². The Bertz CT molecular complexity index is 1150. The number of H-pyrrole nitrogens is 1. The van der Waals surface area contributed by atoms with Crippen LogP contribution in [0.2, 0.25) is 0 Å². The summed E-state index contributed by atoms with van der Waals surface area (Å²) in [6.07, 6.45) is 0. The quantitative estimate of drug-likeness (QED) is 0.545. The number of thiazole rings is 1. The van der Waals surface area contributed by atoms with E-state index in [9.17, 15) is 4.79 Å². The Morgan fingerprint density at radius 3 is 2.74 bits per heavy atom. The number of hydrogen-bond acceptors (Lipinski definition) is 5. The van der Waals surface area contributed by atoms with E-state index in [0.717, 1.165) is 39.0 Å². The van der Waals surface area contributed by atoms with Crippen molar-refractivity contribution in [2.24, 2.45) is 0 Å². The fraction of sp³-hybridized carbons (Fsp3) is 0.150. The number of fused-ring (bicyclic) bond motifs is 1. The summed E-state index contributed by atoms with van der Waals surface area (Å²) in [4.78, 5) is 17.2. The fourth-order valence-electron chi connectivity index (χ4n) is 2.93. The lowest BCUT2D eigenvalue weighted by Gasteiger charge is -2.07. The molecule has 2 aromatic carbocycles. The van der Waals surface area contributed by atoms with Crippen molar-refractivity contribution in [3.8, 4) is 17.0 Å². The van der Waals surface area contributed by atoms with Crippen LogP contribution in [-0.2, 0) is 0 Å². The molecule has 0 aliphatic carbocycles. The Morgan fingerprint density at radius 1 is 1.15 bits per heavy atom. The predicted octanol–water partition coefficient (Wildman–Crippen LogP) is 4.56. The number of carbonyl (C=O) groups excluding carboxylic acids is 1. The van der Waals surface area contributed by atoms with Crippen LogP contribution in [0.25, 0.3) is 22.2 Å². The average molecular weight is 378 g/mol. The lowest BCUT2D eigenvalue weighted by molar-refractivity contribution is 0.102. The molecule has 0 radical (unpaired) electrons. The molecule has 0 unspecified atom stereocenters. The van der Waals surface area contributed by atoms with Crippen molar-refractivity contribution in [2.45, 2.75) is 13.8 Å². The Morgan fingerprint density at radius 2 is 1.93 bits per heavy atom. The van der Waals surface area contributed by atoms with E-state index in [1.165, 1.54) is 11.3 Å². The van der Waals surface area contributed by atoms with Crippen LogP contribution in [0.4, 0.5) is 5.13 Å². The van der Waals surface area contributed by atoms with Gasteiger partial charge in [-0.05, 0) is 38.1 Å². The van der Waals surface area contributed by atoms with Gasteiger partial charge in [-0.15, -0.1) is 11.3 Å². The first-order valence-electron chi connectivity index (χ1n) is 8.42. The number of carbonyl (C=O) groups is 1. The number of ether oxygens (including phenoxy) is 1. The summed E-state index contributed by atoms with van der Waals surface area (Å²) in [5.41, 5.74) is 5.03. The lowest BCUT2D eigenvalue weighted by atomic mass is 10.1. The molecule has 0 bridgehead atoms. The number of rotatable bonds is 4. The highest BCUT2D eigenvalue weighted by atomic mass is 32.1. The molecular weight excluding hydrogens is 360 g/mol. The molecule has 27 heavy (non-hydrogen) atoms. The Kier molecular flexibility index (Phi) is 4.37. The maximum atomic E-state index is 12.7. The molecule has 7 heteroatoms. The summed E-state index contributed by atoms with van der Waals surface area (Å²) in [5, 5.41) is 13.1. The number of amides is 1. The molecule has 136 valence electrons. The molecule has 0 aliphatic heterocycles. The van der Waals surface area contributed by atoms with Gasteiger partial charge in [-0.1, -0.05) is 23.3 Å². The van der Waals surface area contributed by atoms with Crippen molar-refractivity contribution >= 4 is 33.3 Å². The van der Waals surface area contributed by atoms with Crippen LogP contribution in [0, 0.1) is 13.8 Å². The first-order valence-corrected chi connectivity index (χ1v) is 9.30. The van der Waals surface area contributed by atoms with E-state index in [0.29, 0.717) is 10.8 Å².